The van der Waals surface area contributed by atoms with Crippen LogP contribution in [-0.2, 0) is 0 Å². The Hall–Kier alpha value is -0.960. The van der Waals surface area contributed by atoms with E-state index in [1.807, 2.05) is 0 Å². The molecule has 0 bridgehead atoms. The molecule has 1 atom stereocenters. The molecule has 1 aromatic rings. The summed E-state index contributed by atoms with van der Waals surface area (Å²) in [5.41, 5.74) is 0.110. The normalized spacial score (nSPS) is 25.3. The second-order valence-corrected chi connectivity index (χ2v) is 5.68. The van der Waals surface area contributed by atoms with E-state index in [2.05, 4.69) is 6.92 Å². The van der Waals surface area contributed by atoms with Crippen LogP contribution in [0.4, 0.5) is 8.78 Å². The molecule has 0 aromatic heterocycles. The first-order valence-electron chi connectivity index (χ1n) is 7.24. The minimum absolute atomic E-state index is 0.0596. The van der Waals surface area contributed by atoms with Crippen LogP contribution >= 0.6 is 0 Å². The van der Waals surface area contributed by atoms with Crippen LogP contribution in [0.1, 0.15) is 57.1 Å². The Morgan fingerprint density at radius 2 is 1.89 bits per heavy atom. The van der Waals surface area contributed by atoms with E-state index in [-0.39, 0.29) is 11.5 Å². The van der Waals surface area contributed by atoms with Crippen molar-refractivity contribution in [3.63, 3.8) is 0 Å². The fourth-order valence-electron chi connectivity index (χ4n) is 3.20. The molecule has 0 heterocycles. The van der Waals surface area contributed by atoms with Gasteiger partial charge in [-0.05, 0) is 42.9 Å². The summed E-state index contributed by atoms with van der Waals surface area (Å²) in [5, 5.41) is 10.3. The van der Waals surface area contributed by atoms with Gasteiger partial charge in [-0.3, -0.25) is 0 Å². The molecule has 1 N–H and O–H groups in total. The number of hydrogen-bond donors (Lipinski definition) is 1. The van der Waals surface area contributed by atoms with E-state index < -0.39 is 17.7 Å². The average Bonchev–Trinajstić information content (AvgIpc) is 2.42. The highest BCUT2D eigenvalue weighted by molar-refractivity contribution is 5.21. The van der Waals surface area contributed by atoms with Crippen LogP contribution < -0.4 is 0 Å². The van der Waals surface area contributed by atoms with Crippen molar-refractivity contribution in [2.75, 3.05) is 0 Å². The van der Waals surface area contributed by atoms with Gasteiger partial charge < -0.3 is 5.11 Å². The molecule has 1 aliphatic rings. The summed E-state index contributed by atoms with van der Waals surface area (Å²) in [6, 6.07) is 3.30. The largest absolute Gasteiger partial charge is 0.388 e. The Balaban J connectivity index is 2.01. The van der Waals surface area contributed by atoms with Gasteiger partial charge in [0, 0.05) is 5.56 Å². The second kappa shape index (κ2) is 6.47. The van der Waals surface area contributed by atoms with Crippen LogP contribution in [0.3, 0.4) is 0 Å². The predicted octanol–water partition coefficient (Wildman–Crippen LogP) is 4.60. The highest BCUT2D eigenvalue weighted by atomic mass is 19.1. The highest BCUT2D eigenvalue weighted by Crippen LogP contribution is 2.38. The minimum atomic E-state index is -0.877. The van der Waals surface area contributed by atoms with Crippen LogP contribution in [0.5, 0.6) is 0 Å². The summed E-state index contributed by atoms with van der Waals surface area (Å²) in [5.74, 6) is -0.199. The van der Waals surface area contributed by atoms with E-state index in [4.69, 9.17) is 0 Å². The summed E-state index contributed by atoms with van der Waals surface area (Å²) in [6.45, 7) is 2.18. The smallest absolute Gasteiger partial charge is 0.129 e. The third-order valence-electron chi connectivity index (χ3n) is 4.31. The van der Waals surface area contributed by atoms with Crippen molar-refractivity contribution in [1.82, 2.24) is 0 Å². The van der Waals surface area contributed by atoms with Crippen molar-refractivity contribution in [2.24, 2.45) is 11.8 Å². The van der Waals surface area contributed by atoms with E-state index in [0.29, 0.717) is 0 Å². The van der Waals surface area contributed by atoms with Crippen LogP contribution in [-0.4, -0.2) is 5.11 Å². The van der Waals surface area contributed by atoms with E-state index in [9.17, 15) is 13.9 Å². The summed E-state index contributed by atoms with van der Waals surface area (Å²) in [7, 11) is 0. The first-order valence-corrected chi connectivity index (χ1v) is 7.24. The lowest BCUT2D eigenvalue weighted by Gasteiger charge is -2.31. The molecular formula is C16H22F2O. The van der Waals surface area contributed by atoms with E-state index in [0.717, 1.165) is 49.8 Å². The van der Waals surface area contributed by atoms with Gasteiger partial charge >= 0.3 is 0 Å². The second-order valence-electron chi connectivity index (χ2n) is 5.68. The Morgan fingerprint density at radius 3 is 2.53 bits per heavy atom. The Morgan fingerprint density at radius 1 is 1.21 bits per heavy atom. The maximum Gasteiger partial charge on any atom is 0.129 e. The van der Waals surface area contributed by atoms with Gasteiger partial charge in [-0.2, -0.15) is 0 Å². The monoisotopic (exact) mass is 268 g/mol. The molecular weight excluding hydrogens is 246 g/mol. The van der Waals surface area contributed by atoms with Gasteiger partial charge in [0.2, 0.25) is 0 Å². The number of halogens is 2. The fourth-order valence-corrected chi connectivity index (χ4v) is 3.20. The Bertz CT molecular complexity index is 411. The fraction of sp³-hybridized carbons (Fsp3) is 0.625. The number of benzene rings is 1. The van der Waals surface area contributed by atoms with E-state index in [1.165, 1.54) is 12.8 Å². The van der Waals surface area contributed by atoms with Gasteiger partial charge in [0.05, 0.1) is 6.10 Å². The molecule has 0 saturated heterocycles. The standard InChI is InChI=1S/C16H22F2O/c1-2-3-11-4-6-12(7-5-11)16(19)14-10-13(17)8-9-15(14)18/h8-12,16,19H,2-7H2,1H3. The van der Waals surface area contributed by atoms with Crippen molar-refractivity contribution in [1.29, 1.82) is 0 Å². The molecule has 106 valence electrons. The lowest BCUT2D eigenvalue weighted by Crippen LogP contribution is -2.21. The van der Waals surface area contributed by atoms with Gasteiger partial charge in [0.25, 0.3) is 0 Å². The summed E-state index contributed by atoms with van der Waals surface area (Å²) < 4.78 is 26.8. The van der Waals surface area contributed by atoms with Crippen LogP contribution in [0.15, 0.2) is 18.2 Å². The van der Waals surface area contributed by atoms with Crippen molar-refractivity contribution in [2.45, 2.75) is 51.6 Å². The molecule has 0 aliphatic heterocycles. The van der Waals surface area contributed by atoms with Gasteiger partial charge in [0.1, 0.15) is 11.6 Å². The minimum Gasteiger partial charge on any atom is -0.388 e. The maximum atomic E-state index is 13.6. The Kier molecular flexibility index (Phi) is 4.92. The topological polar surface area (TPSA) is 20.2 Å². The SMILES string of the molecule is CCCC1CCC(C(O)c2cc(F)ccc2F)CC1. The van der Waals surface area contributed by atoms with E-state index >= 15 is 0 Å². The number of aliphatic hydroxyl groups is 1. The summed E-state index contributed by atoms with van der Waals surface area (Å²) in [4.78, 5) is 0. The maximum absolute atomic E-state index is 13.6. The van der Waals surface area contributed by atoms with Crippen molar-refractivity contribution < 1.29 is 13.9 Å². The predicted molar refractivity (Wildman–Crippen MR) is 71.7 cm³/mol. The third kappa shape index (κ3) is 3.53. The summed E-state index contributed by atoms with van der Waals surface area (Å²) >= 11 is 0. The lowest BCUT2D eigenvalue weighted by atomic mass is 9.76. The van der Waals surface area contributed by atoms with Crippen molar-refractivity contribution >= 4 is 0 Å². The summed E-state index contributed by atoms with van der Waals surface area (Å²) in [6.07, 6.45) is 5.54. The number of aliphatic hydroxyl groups excluding tert-OH is 1. The molecule has 1 nitrogen and oxygen atoms in total. The highest BCUT2D eigenvalue weighted by Gasteiger charge is 2.28. The van der Waals surface area contributed by atoms with E-state index in [1.54, 1.807) is 0 Å². The molecule has 2 rings (SSSR count). The van der Waals surface area contributed by atoms with Gasteiger partial charge in [-0.25, -0.2) is 8.78 Å². The van der Waals surface area contributed by atoms with Gasteiger partial charge in [-0.1, -0.05) is 32.6 Å². The molecule has 1 aliphatic carbocycles. The van der Waals surface area contributed by atoms with Crippen molar-refractivity contribution in [3.8, 4) is 0 Å². The molecule has 0 spiro atoms. The zero-order chi connectivity index (χ0) is 13.8. The molecule has 19 heavy (non-hydrogen) atoms. The molecule has 3 heteroatoms. The third-order valence-corrected chi connectivity index (χ3v) is 4.31. The van der Waals surface area contributed by atoms with Crippen molar-refractivity contribution in [3.05, 3.63) is 35.4 Å². The number of rotatable bonds is 4. The first kappa shape index (κ1) is 14.4. The zero-order valence-corrected chi connectivity index (χ0v) is 11.4. The number of hydrogen-bond acceptors (Lipinski definition) is 1. The molecule has 1 fully saturated rings. The molecule has 0 radical (unpaired) electrons. The average molecular weight is 268 g/mol. The first-order chi connectivity index (χ1) is 9.11. The van der Waals surface area contributed by atoms with Gasteiger partial charge in [-0.15, -0.1) is 0 Å². The quantitative estimate of drug-likeness (QED) is 0.845. The molecule has 1 saturated carbocycles. The molecule has 1 aromatic carbocycles. The van der Waals surface area contributed by atoms with Crippen LogP contribution in [0.25, 0.3) is 0 Å². The molecule has 1 unspecified atom stereocenters. The van der Waals surface area contributed by atoms with Crippen LogP contribution in [0.2, 0.25) is 0 Å². The van der Waals surface area contributed by atoms with Crippen LogP contribution in [0, 0.1) is 23.5 Å². The molecule has 0 amide bonds. The van der Waals surface area contributed by atoms with Gasteiger partial charge in [0.15, 0.2) is 0 Å². The zero-order valence-electron chi connectivity index (χ0n) is 11.4. The lowest BCUT2D eigenvalue weighted by molar-refractivity contribution is 0.0691. The Labute approximate surface area is 113 Å².